The summed E-state index contributed by atoms with van der Waals surface area (Å²) >= 11 is 0. The Kier molecular flexibility index (Phi) is 11.8. The second-order valence-electron chi connectivity index (χ2n) is 3.37. The minimum atomic E-state index is 0.125. The van der Waals surface area contributed by atoms with Gasteiger partial charge in [0.15, 0.2) is 0 Å². The van der Waals surface area contributed by atoms with Gasteiger partial charge in [-0.25, -0.2) is 0 Å². The molecule has 0 bridgehead atoms. The highest BCUT2D eigenvalue weighted by Crippen LogP contribution is 1.92. The summed E-state index contributed by atoms with van der Waals surface area (Å²) in [5, 5.41) is 3.24. The van der Waals surface area contributed by atoms with Gasteiger partial charge in [0.1, 0.15) is 0 Å². The maximum Gasteiger partial charge on any atom is 0.0933 e. The third kappa shape index (κ3) is 10.1. The fourth-order valence-electron chi connectivity index (χ4n) is 1.18. The molecule has 0 aliphatic rings. The molecule has 0 amide bonds. The zero-order valence-electron chi connectivity index (χ0n) is 10.3. The predicted octanol–water partition coefficient (Wildman–Crippen LogP) is 1.05. The van der Waals surface area contributed by atoms with Crippen LogP contribution in [0.1, 0.15) is 20.3 Å². The van der Waals surface area contributed by atoms with E-state index in [1.165, 1.54) is 0 Å². The van der Waals surface area contributed by atoms with Crippen LogP contribution in [0.2, 0.25) is 0 Å². The van der Waals surface area contributed by atoms with E-state index in [-0.39, 0.29) is 6.10 Å². The lowest BCUT2D eigenvalue weighted by atomic mass is 10.3. The fourth-order valence-corrected chi connectivity index (χ4v) is 1.18. The van der Waals surface area contributed by atoms with Gasteiger partial charge in [-0.3, -0.25) is 0 Å². The van der Waals surface area contributed by atoms with Crippen LogP contribution in [0.15, 0.2) is 0 Å². The van der Waals surface area contributed by atoms with E-state index in [0.29, 0.717) is 19.8 Å². The van der Waals surface area contributed by atoms with Crippen LogP contribution < -0.4 is 5.32 Å². The number of ether oxygens (including phenoxy) is 3. The van der Waals surface area contributed by atoms with E-state index >= 15 is 0 Å². The van der Waals surface area contributed by atoms with E-state index in [1.807, 2.05) is 0 Å². The van der Waals surface area contributed by atoms with Crippen molar-refractivity contribution in [3.63, 3.8) is 0 Å². The minimum Gasteiger partial charge on any atom is -0.382 e. The van der Waals surface area contributed by atoms with Gasteiger partial charge in [0.25, 0.3) is 0 Å². The second-order valence-corrected chi connectivity index (χ2v) is 3.37. The first kappa shape index (κ1) is 14.8. The van der Waals surface area contributed by atoms with E-state index < -0.39 is 0 Å². The highest BCUT2D eigenvalue weighted by Gasteiger charge is 2.07. The minimum absolute atomic E-state index is 0.125. The van der Waals surface area contributed by atoms with Crippen LogP contribution in [0.5, 0.6) is 0 Å². The lowest BCUT2D eigenvalue weighted by Gasteiger charge is -2.17. The average molecular weight is 219 g/mol. The van der Waals surface area contributed by atoms with Gasteiger partial charge < -0.3 is 19.5 Å². The molecule has 0 fully saturated rings. The van der Waals surface area contributed by atoms with Crippen molar-refractivity contribution in [3.05, 3.63) is 0 Å². The molecule has 1 N–H and O–H groups in total. The molecule has 0 saturated carbocycles. The molecule has 4 nitrogen and oxygen atoms in total. The normalized spacial score (nSPS) is 13.0. The number of methoxy groups -OCH3 is 1. The molecule has 0 heterocycles. The number of hydrogen-bond donors (Lipinski definition) is 1. The van der Waals surface area contributed by atoms with Crippen LogP contribution in [-0.4, -0.2) is 52.7 Å². The van der Waals surface area contributed by atoms with E-state index in [0.717, 1.165) is 26.1 Å². The molecular weight excluding hydrogens is 194 g/mol. The average Bonchev–Trinajstić information content (AvgIpc) is 2.25. The summed E-state index contributed by atoms with van der Waals surface area (Å²) in [5.41, 5.74) is 0. The standard InChI is InChI=1S/C11H25NO3/c1-4-6-14-7-8-15-11(10-13-3)9-12-5-2/h11-12H,4-10H2,1-3H3. The highest BCUT2D eigenvalue weighted by molar-refractivity contribution is 4.59. The molecule has 0 saturated heterocycles. The molecule has 0 spiro atoms. The summed E-state index contributed by atoms with van der Waals surface area (Å²) in [7, 11) is 1.69. The van der Waals surface area contributed by atoms with Crippen LogP contribution >= 0.6 is 0 Å². The molecule has 4 heteroatoms. The summed E-state index contributed by atoms with van der Waals surface area (Å²) in [4.78, 5) is 0. The summed E-state index contributed by atoms with van der Waals surface area (Å²) in [6, 6.07) is 0. The quantitative estimate of drug-likeness (QED) is 0.527. The molecule has 0 aliphatic carbocycles. The van der Waals surface area contributed by atoms with Gasteiger partial charge in [0.2, 0.25) is 0 Å². The number of nitrogens with one attached hydrogen (secondary N) is 1. The molecule has 0 aromatic carbocycles. The first-order valence-corrected chi connectivity index (χ1v) is 5.74. The van der Waals surface area contributed by atoms with Crippen LogP contribution in [0.4, 0.5) is 0 Å². The van der Waals surface area contributed by atoms with E-state index in [4.69, 9.17) is 14.2 Å². The first-order valence-electron chi connectivity index (χ1n) is 5.74. The Hall–Kier alpha value is -0.160. The van der Waals surface area contributed by atoms with E-state index in [2.05, 4.69) is 19.2 Å². The molecule has 0 aliphatic heterocycles. The van der Waals surface area contributed by atoms with Crippen molar-refractivity contribution >= 4 is 0 Å². The molecule has 1 unspecified atom stereocenters. The van der Waals surface area contributed by atoms with E-state index in [1.54, 1.807) is 7.11 Å². The maximum absolute atomic E-state index is 5.62. The van der Waals surface area contributed by atoms with Crippen molar-refractivity contribution in [3.8, 4) is 0 Å². The van der Waals surface area contributed by atoms with Crippen molar-refractivity contribution in [2.24, 2.45) is 0 Å². The van der Waals surface area contributed by atoms with Crippen LogP contribution in [-0.2, 0) is 14.2 Å². The molecule has 92 valence electrons. The van der Waals surface area contributed by atoms with Crippen molar-refractivity contribution in [2.45, 2.75) is 26.4 Å². The van der Waals surface area contributed by atoms with Crippen LogP contribution in [0.3, 0.4) is 0 Å². The van der Waals surface area contributed by atoms with Crippen molar-refractivity contribution < 1.29 is 14.2 Å². The Balaban J connectivity index is 3.38. The largest absolute Gasteiger partial charge is 0.382 e. The summed E-state index contributed by atoms with van der Waals surface area (Å²) in [6.07, 6.45) is 1.18. The smallest absolute Gasteiger partial charge is 0.0933 e. The zero-order valence-corrected chi connectivity index (χ0v) is 10.3. The van der Waals surface area contributed by atoms with Gasteiger partial charge in [0.05, 0.1) is 25.9 Å². The second kappa shape index (κ2) is 11.9. The lowest BCUT2D eigenvalue weighted by molar-refractivity contribution is -0.0270. The Morgan fingerprint density at radius 1 is 1.13 bits per heavy atom. The number of likely N-dealkylation sites (N-methyl/N-ethyl adjacent to an activating group) is 1. The Bertz CT molecular complexity index is 122. The molecular formula is C11H25NO3. The van der Waals surface area contributed by atoms with Crippen molar-refractivity contribution in [1.82, 2.24) is 5.32 Å². The number of rotatable bonds is 11. The number of hydrogen-bond acceptors (Lipinski definition) is 4. The van der Waals surface area contributed by atoms with Gasteiger partial charge in [-0.15, -0.1) is 0 Å². The Morgan fingerprint density at radius 3 is 2.53 bits per heavy atom. The first-order chi connectivity index (χ1) is 7.35. The van der Waals surface area contributed by atoms with Gasteiger partial charge in [0, 0.05) is 20.3 Å². The van der Waals surface area contributed by atoms with Gasteiger partial charge >= 0.3 is 0 Å². The Labute approximate surface area is 93.3 Å². The molecule has 0 aromatic heterocycles. The third-order valence-electron chi connectivity index (χ3n) is 1.90. The highest BCUT2D eigenvalue weighted by atomic mass is 16.5. The fraction of sp³-hybridized carbons (Fsp3) is 1.00. The van der Waals surface area contributed by atoms with Crippen molar-refractivity contribution in [1.29, 1.82) is 0 Å². The molecule has 0 rings (SSSR count). The topological polar surface area (TPSA) is 39.7 Å². The lowest BCUT2D eigenvalue weighted by Crippen LogP contribution is -2.33. The van der Waals surface area contributed by atoms with E-state index in [9.17, 15) is 0 Å². The van der Waals surface area contributed by atoms with Gasteiger partial charge in [-0.1, -0.05) is 13.8 Å². The molecule has 0 radical (unpaired) electrons. The third-order valence-corrected chi connectivity index (χ3v) is 1.90. The van der Waals surface area contributed by atoms with Crippen molar-refractivity contribution in [2.75, 3.05) is 46.6 Å². The monoisotopic (exact) mass is 219 g/mol. The van der Waals surface area contributed by atoms with Gasteiger partial charge in [-0.2, -0.15) is 0 Å². The SMILES string of the molecule is CCCOCCOC(CNCC)COC. The summed E-state index contributed by atoms with van der Waals surface area (Å²) in [6.45, 7) is 8.70. The molecule has 0 aromatic rings. The van der Waals surface area contributed by atoms with Crippen LogP contribution in [0.25, 0.3) is 0 Å². The molecule has 15 heavy (non-hydrogen) atoms. The predicted molar refractivity (Wildman–Crippen MR) is 61.3 cm³/mol. The zero-order chi connectivity index (χ0) is 11.4. The van der Waals surface area contributed by atoms with Crippen LogP contribution in [0, 0.1) is 0 Å². The summed E-state index contributed by atoms with van der Waals surface area (Å²) in [5.74, 6) is 0. The maximum atomic E-state index is 5.62. The Morgan fingerprint density at radius 2 is 1.93 bits per heavy atom. The van der Waals surface area contributed by atoms with Gasteiger partial charge in [-0.05, 0) is 13.0 Å². The summed E-state index contributed by atoms with van der Waals surface area (Å²) < 4.78 is 16.0. The molecule has 1 atom stereocenters.